The number of anilines is 1. The maximum absolute atomic E-state index is 13.5. The molecular weight excluding hydrogens is 324 g/mol. The molecule has 0 atom stereocenters. The van der Waals surface area contributed by atoms with Gasteiger partial charge < -0.3 is 5.32 Å². The van der Waals surface area contributed by atoms with Crippen molar-refractivity contribution in [2.75, 3.05) is 5.32 Å². The number of nitrogens with one attached hydrogen (secondary N) is 1. The molecule has 0 aliphatic rings. The second-order valence-corrected chi connectivity index (χ2v) is 5.01. The lowest BCUT2D eigenvalue weighted by molar-refractivity contribution is 0.586. The van der Waals surface area contributed by atoms with Crippen molar-refractivity contribution in [1.82, 2.24) is 0 Å². The Morgan fingerprint density at radius 3 is 2.33 bits per heavy atom. The van der Waals surface area contributed by atoms with Crippen LogP contribution in [-0.2, 0) is 6.54 Å². The summed E-state index contributed by atoms with van der Waals surface area (Å²) < 4.78 is 27.5. The number of halogens is 4. The summed E-state index contributed by atoms with van der Waals surface area (Å²) >= 11 is 8.99. The van der Waals surface area contributed by atoms with E-state index in [1.165, 1.54) is 12.1 Å². The standard InChI is InChI=1S/C13H9BrClF2N/c14-9-5-11(16)13(12(17)6-9)18-7-8-3-1-2-4-10(8)15/h1-6,18H,7H2. The van der Waals surface area contributed by atoms with Crippen molar-refractivity contribution in [2.24, 2.45) is 0 Å². The zero-order chi connectivity index (χ0) is 13.1. The van der Waals surface area contributed by atoms with Crippen LogP contribution in [0.5, 0.6) is 0 Å². The van der Waals surface area contributed by atoms with Gasteiger partial charge in [0, 0.05) is 16.0 Å². The lowest BCUT2D eigenvalue weighted by Crippen LogP contribution is -2.04. The Labute approximate surface area is 117 Å². The molecule has 0 spiro atoms. The fourth-order valence-electron chi connectivity index (χ4n) is 1.54. The predicted molar refractivity (Wildman–Crippen MR) is 72.8 cm³/mol. The molecule has 0 heterocycles. The van der Waals surface area contributed by atoms with Crippen molar-refractivity contribution in [3.05, 3.63) is 63.1 Å². The van der Waals surface area contributed by atoms with E-state index < -0.39 is 11.6 Å². The molecule has 0 radical (unpaired) electrons. The molecule has 0 bridgehead atoms. The number of rotatable bonds is 3. The van der Waals surface area contributed by atoms with Gasteiger partial charge in [0.2, 0.25) is 0 Å². The Kier molecular flexibility index (Phi) is 4.19. The molecule has 0 saturated carbocycles. The molecule has 18 heavy (non-hydrogen) atoms. The molecule has 1 N–H and O–H groups in total. The molecule has 0 unspecified atom stereocenters. The van der Waals surface area contributed by atoms with Crippen LogP contribution < -0.4 is 5.32 Å². The summed E-state index contributed by atoms with van der Waals surface area (Å²) in [6, 6.07) is 9.55. The first-order chi connectivity index (χ1) is 8.58. The lowest BCUT2D eigenvalue weighted by atomic mass is 10.2. The fourth-order valence-corrected chi connectivity index (χ4v) is 2.14. The van der Waals surface area contributed by atoms with Crippen LogP contribution in [0.15, 0.2) is 40.9 Å². The Balaban J connectivity index is 2.19. The van der Waals surface area contributed by atoms with E-state index in [9.17, 15) is 8.78 Å². The molecule has 2 aromatic carbocycles. The van der Waals surface area contributed by atoms with Crippen molar-refractivity contribution in [2.45, 2.75) is 6.54 Å². The van der Waals surface area contributed by atoms with Crippen molar-refractivity contribution >= 4 is 33.2 Å². The monoisotopic (exact) mass is 331 g/mol. The van der Waals surface area contributed by atoms with Crippen LogP contribution in [0.1, 0.15) is 5.56 Å². The van der Waals surface area contributed by atoms with E-state index in [0.29, 0.717) is 9.50 Å². The SMILES string of the molecule is Fc1cc(Br)cc(F)c1NCc1ccccc1Cl. The normalized spacial score (nSPS) is 10.4. The smallest absolute Gasteiger partial charge is 0.150 e. The lowest BCUT2D eigenvalue weighted by Gasteiger charge is -2.10. The van der Waals surface area contributed by atoms with Crippen LogP contribution in [0, 0.1) is 11.6 Å². The zero-order valence-electron chi connectivity index (χ0n) is 9.18. The fraction of sp³-hybridized carbons (Fsp3) is 0.0769. The molecule has 0 aliphatic carbocycles. The summed E-state index contributed by atoms with van der Waals surface area (Å²) in [5.74, 6) is -1.29. The van der Waals surface area contributed by atoms with Gasteiger partial charge in [-0.1, -0.05) is 45.7 Å². The van der Waals surface area contributed by atoms with Gasteiger partial charge in [-0.25, -0.2) is 8.78 Å². The molecular formula is C13H9BrClF2N. The maximum Gasteiger partial charge on any atom is 0.150 e. The maximum atomic E-state index is 13.5. The summed E-state index contributed by atoms with van der Waals surface area (Å²) in [7, 11) is 0. The first kappa shape index (κ1) is 13.3. The van der Waals surface area contributed by atoms with Gasteiger partial charge in [0.05, 0.1) is 0 Å². The highest BCUT2D eigenvalue weighted by molar-refractivity contribution is 9.10. The van der Waals surface area contributed by atoms with Crippen molar-refractivity contribution < 1.29 is 8.78 Å². The topological polar surface area (TPSA) is 12.0 Å². The van der Waals surface area contributed by atoms with E-state index in [1.807, 2.05) is 6.07 Å². The second-order valence-electron chi connectivity index (χ2n) is 3.69. The van der Waals surface area contributed by atoms with Crippen LogP contribution in [0.2, 0.25) is 5.02 Å². The Hall–Kier alpha value is -1.13. The van der Waals surface area contributed by atoms with Crippen molar-refractivity contribution in [3.63, 3.8) is 0 Å². The zero-order valence-corrected chi connectivity index (χ0v) is 11.5. The summed E-state index contributed by atoms with van der Waals surface area (Å²) in [5, 5.41) is 3.27. The highest BCUT2D eigenvalue weighted by atomic mass is 79.9. The van der Waals surface area contributed by atoms with E-state index in [2.05, 4.69) is 21.2 Å². The van der Waals surface area contributed by atoms with Gasteiger partial charge in [-0.3, -0.25) is 0 Å². The van der Waals surface area contributed by atoms with Gasteiger partial charge in [0.1, 0.15) is 17.3 Å². The van der Waals surface area contributed by atoms with Crippen molar-refractivity contribution in [1.29, 1.82) is 0 Å². The van der Waals surface area contributed by atoms with E-state index in [4.69, 9.17) is 11.6 Å². The average Bonchev–Trinajstić information content (AvgIpc) is 2.30. The van der Waals surface area contributed by atoms with E-state index in [1.54, 1.807) is 18.2 Å². The highest BCUT2D eigenvalue weighted by Crippen LogP contribution is 2.25. The summed E-state index contributed by atoms with van der Waals surface area (Å²) in [4.78, 5) is 0. The third-order valence-electron chi connectivity index (χ3n) is 2.42. The van der Waals surface area contributed by atoms with Gasteiger partial charge in [-0.05, 0) is 23.8 Å². The summed E-state index contributed by atoms with van der Waals surface area (Å²) in [5.41, 5.74) is 0.624. The molecule has 0 amide bonds. The molecule has 5 heteroatoms. The first-order valence-corrected chi connectivity index (χ1v) is 6.37. The summed E-state index contributed by atoms with van der Waals surface area (Å²) in [6.45, 7) is 0.259. The Morgan fingerprint density at radius 1 is 1.11 bits per heavy atom. The van der Waals surface area contributed by atoms with Crippen LogP contribution in [0.3, 0.4) is 0 Å². The van der Waals surface area contributed by atoms with Gasteiger partial charge in [-0.2, -0.15) is 0 Å². The first-order valence-electron chi connectivity index (χ1n) is 5.20. The van der Waals surface area contributed by atoms with E-state index in [0.717, 1.165) is 5.56 Å². The van der Waals surface area contributed by atoms with Crippen LogP contribution in [-0.4, -0.2) is 0 Å². The Bertz CT molecular complexity index is 552. The predicted octanol–water partition coefficient (Wildman–Crippen LogP) is 4.99. The summed E-state index contributed by atoms with van der Waals surface area (Å²) in [6.07, 6.45) is 0. The molecule has 2 aromatic rings. The quantitative estimate of drug-likeness (QED) is 0.834. The van der Waals surface area contributed by atoms with Gasteiger partial charge >= 0.3 is 0 Å². The second kappa shape index (κ2) is 5.67. The molecule has 2 rings (SSSR count). The third-order valence-corrected chi connectivity index (χ3v) is 3.25. The highest BCUT2D eigenvalue weighted by Gasteiger charge is 2.10. The molecule has 0 aliphatic heterocycles. The minimum atomic E-state index is -0.645. The minimum Gasteiger partial charge on any atom is -0.376 e. The van der Waals surface area contributed by atoms with Crippen LogP contribution in [0.4, 0.5) is 14.5 Å². The molecule has 0 fully saturated rings. The average molecular weight is 333 g/mol. The largest absolute Gasteiger partial charge is 0.376 e. The Morgan fingerprint density at radius 2 is 1.72 bits per heavy atom. The number of benzene rings is 2. The van der Waals surface area contributed by atoms with E-state index in [-0.39, 0.29) is 12.2 Å². The van der Waals surface area contributed by atoms with Gasteiger partial charge in [0.15, 0.2) is 0 Å². The molecule has 1 nitrogen and oxygen atoms in total. The minimum absolute atomic E-state index is 0.155. The molecule has 0 aromatic heterocycles. The number of hydrogen-bond donors (Lipinski definition) is 1. The van der Waals surface area contributed by atoms with Crippen LogP contribution in [0.25, 0.3) is 0 Å². The van der Waals surface area contributed by atoms with Crippen LogP contribution >= 0.6 is 27.5 Å². The van der Waals surface area contributed by atoms with E-state index >= 15 is 0 Å². The third kappa shape index (κ3) is 3.00. The van der Waals surface area contributed by atoms with Crippen molar-refractivity contribution in [3.8, 4) is 0 Å². The van der Waals surface area contributed by atoms with Gasteiger partial charge in [0.25, 0.3) is 0 Å². The number of hydrogen-bond acceptors (Lipinski definition) is 1. The molecule has 94 valence electrons. The van der Waals surface area contributed by atoms with Gasteiger partial charge in [-0.15, -0.1) is 0 Å². The molecule has 0 saturated heterocycles.